The van der Waals surface area contributed by atoms with Gasteiger partial charge in [0.1, 0.15) is 32.4 Å². The maximum absolute atomic E-state index is 11.9. The Hall–Kier alpha value is -5.78. The number of amides is 2. The predicted octanol–water partition coefficient (Wildman–Crippen LogP) is 15.6. The van der Waals surface area contributed by atoms with Crippen molar-refractivity contribution in [1.82, 2.24) is 10.6 Å². The summed E-state index contributed by atoms with van der Waals surface area (Å²) in [7, 11) is 6.74. The topological polar surface area (TPSA) is 111 Å². The summed E-state index contributed by atoms with van der Waals surface area (Å²) in [6.45, 7) is 26.4. The van der Waals surface area contributed by atoms with Crippen molar-refractivity contribution in [3.05, 3.63) is 252 Å². The maximum Gasteiger partial charge on any atom is -0.0134 e. The van der Waals surface area contributed by atoms with Crippen molar-refractivity contribution in [1.29, 1.82) is 0 Å². The molecule has 2 amide bonds. The van der Waals surface area contributed by atoms with Crippen molar-refractivity contribution in [3.63, 3.8) is 0 Å². The van der Waals surface area contributed by atoms with Crippen LogP contribution in [0.5, 0.6) is 0 Å². The largest absolute Gasteiger partial charge is 0.0622 e. The molecule has 8 rings (SSSR count). The molecule has 0 saturated carbocycles. The Balaban J connectivity index is 0.000000298. The minimum Gasteiger partial charge on any atom is -0.0622 e. The number of esters is 2. The van der Waals surface area contributed by atoms with Crippen LogP contribution in [0.15, 0.2) is 235 Å². The van der Waals surface area contributed by atoms with Crippen LogP contribution < -0.4 is 42.5 Å². The van der Waals surface area contributed by atoms with Crippen molar-refractivity contribution in [2.75, 3.05) is 13.1 Å². The first-order chi connectivity index (χ1) is 42.0. The first-order valence-electron chi connectivity index (χ1n) is 29.1. The van der Waals surface area contributed by atoms with Gasteiger partial charge in [-0.3, -0.25) is 19.2 Å². The zero-order chi connectivity index (χ0) is 65.9. The van der Waals surface area contributed by atoms with Crippen LogP contribution in [-0.4, -0.2) is 64.2 Å². The molecule has 0 aliphatic carbocycles. The van der Waals surface area contributed by atoms with Crippen LogP contribution in [0.2, 0.25) is 45.8 Å². The monoisotopic (exact) mass is 1460 g/mol. The Morgan fingerprint density at radius 3 is 0.899 bits per heavy atom. The van der Waals surface area contributed by atoms with E-state index in [1.54, 1.807) is 41.5 Å². The Kier molecular flexibility index (Phi) is 35.6. The van der Waals surface area contributed by atoms with E-state index in [9.17, 15) is 19.2 Å². The molecule has 8 aromatic rings. The molecule has 2 N–H and O–H groups in total. The minimum atomic E-state index is -1.39. The Morgan fingerprint density at radius 1 is 0.438 bits per heavy atom. The van der Waals surface area contributed by atoms with Gasteiger partial charge >= 0.3 is 46.9 Å². The molecule has 0 aliphatic rings. The van der Waals surface area contributed by atoms with Gasteiger partial charge in [-0.2, -0.15) is 0 Å². The number of ether oxygens (including phenoxy) is 2. The number of carbonyl (C=O) groups is 4. The fourth-order valence-corrected chi connectivity index (χ4v) is 12.9. The van der Waals surface area contributed by atoms with Crippen LogP contribution >= 0.6 is 50.8 Å². The van der Waals surface area contributed by atoms with Gasteiger partial charge in [-0.25, -0.2) is 0 Å². The van der Waals surface area contributed by atoms with Gasteiger partial charge in [0.15, 0.2) is 0 Å². The number of hydrogen-bond acceptors (Lipinski definition) is 6. The maximum atomic E-state index is 11.9. The van der Waals surface area contributed by atoms with Crippen LogP contribution in [0.3, 0.4) is 0 Å². The third-order valence-electron chi connectivity index (χ3n) is 11.0. The van der Waals surface area contributed by atoms with E-state index >= 15 is 0 Å². The van der Waals surface area contributed by atoms with Crippen LogP contribution in [0.1, 0.15) is 58.2 Å². The summed E-state index contributed by atoms with van der Waals surface area (Å²) in [5, 5.41) is 13.5. The van der Waals surface area contributed by atoms with Crippen LogP contribution in [0.4, 0.5) is 0 Å². The van der Waals surface area contributed by atoms with Gasteiger partial charge < -0.3 is 20.1 Å². The molecule has 16 heteroatoms. The summed E-state index contributed by atoms with van der Waals surface area (Å²) in [4.78, 5) is 46.5. The second kappa shape index (κ2) is 40.9. The average Bonchev–Trinajstić information content (AvgIpc) is 2.92. The first-order valence-corrected chi connectivity index (χ1v) is 44.1. The number of carbonyl (C=O) groups excluding carboxylic acids is 4. The zero-order valence-corrected chi connectivity index (χ0v) is 62.0. The summed E-state index contributed by atoms with van der Waals surface area (Å²) >= 11 is 3.22. The van der Waals surface area contributed by atoms with Crippen LogP contribution in [0.25, 0.3) is 0 Å². The number of halogens is 3. The number of benzene rings is 8. The van der Waals surface area contributed by atoms with Crippen LogP contribution in [0, 0.1) is 11.5 Å². The normalized spacial score (nSPS) is 10.8. The summed E-state index contributed by atoms with van der Waals surface area (Å²) in [5.74, 6) is 1.90. The second-order valence-electron chi connectivity index (χ2n) is 24.6. The van der Waals surface area contributed by atoms with Gasteiger partial charge in [0.2, 0.25) is 11.8 Å². The number of rotatable bonds is 14. The Labute approximate surface area is 560 Å². The molecule has 0 unspecified atom stereocenters. The first kappa shape index (κ1) is 77.5. The summed E-state index contributed by atoms with van der Waals surface area (Å²) in [5.41, 5.74) is 4.96. The molecule has 0 atom stereocenters. The SMILES string of the molecule is CC(C)(C)OC(=O)CNC(=O)Cc1ccc(Br)cc1.CC(C)(C)OC(=O)CNC(=O)Cc1ccc(C#C[Si](C)(C)C)cc1.C[Si](C)(C)C.[Cl][Pd][Cl].c1ccc(P(c2ccccc2)c2ccccc2)cc1.c1ccc(P(c2ccccc2)c2ccccc2)cc1. The number of nitrogens with one attached hydrogen (secondary N) is 2. The van der Waals surface area contributed by atoms with Gasteiger partial charge in [0.05, 0.1) is 12.8 Å². The van der Waals surface area contributed by atoms with E-state index in [4.69, 9.17) is 28.5 Å². The molecular weight excluding hydrogens is 1380 g/mol. The molecule has 0 saturated heterocycles. The fourth-order valence-electron chi connectivity index (χ4n) is 7.52. The average molecular weight is 1460 g/mol. The molecule has 0 fully saturated rings. The number of hydrogen-bond donors (Lipinski definition) is 2. The van der Waals surface area contributed by atoms with E-state index < -0.39 is 55.1 Å². The van der Waals surface area contributed by atoms with E-state index in [1.165, 1.54) is 31.8 Å². The molecule has 0 heterocycles. The van der Waals surface area contributed by atoms with Gasteiger partial charge in [0, 0.05) is 18.1 Å². The molecule has 8 nitrogen and oxygen atoms in total. The smallest absolute Gasteiger partial charge is 0.0134 e. The van der Waals surface area contributed by atoms with E-state index in [-0.39, 0.29) is 53.7 Å². The molecule has 0 aliphatic heterocycles. The van der Waals surface area contributed by atoms with Gasteiger partial charge in [-0.15, -0.1) is 5.54 Å². The molecule has 89 heavy (non-hydrogen) atoms. The third kappa shape index (κ3) is 36.6. The molecule has 0 aromatic heterocycles. The summed E-state index contributed by atoms with van der Waals surface area (Å²) in [6.07, 6.45) is 0.473. The van der Waals surface area contributed by atoms with Crippen molar-refractivity contribution in [2.45, 2.75) is 111 Å². The Morgan fingerprint density at radius 2 is 0.674 bits per heavy atom. The van der Waals surface area contributed by atoms with Gasteiger partial charge in [-0.05, 0) is 125 Å². The van der Waals surface area contributed by atoms with Crippen molar-refractivity contribution in [3.8, 4) is 11.5 Å². The fraction of sp³-hybridized carbons (Fsp3) is 0.260. The third-order valence-corrected chi connectivity index (χ3v) is 17.3. The quantitative estimate of drug-likeness (QED) is 0.0486. The predicted molar refractivity (Wildman–Crippen MR) is 387 cm³/mol. The van der Waals surface area contributed by atoms with Gasteiger partial charge in [0.25, 0.3) is 0 Å². The molecule has 0 radical (unpaired) electrons. The molecule has 0 bridgehead atoms. The van der Waals surface area contributed by atoms with Gasteiger partial charge in [-0.1, -0.05) is 274 Å². The molecule has 474 valence electrons. The van der Waals surface area contributed by atoms with Crippen molar-refractivity contribution in [2.24, 2.45) is 0 Å². The molecule has 8 aromatic carbocycles. The van der Waals surface area contributed by atoms with Crippen molar-refractivity contribution < 1.29 is 44.6 Å². The second-order valence-corrected chi connectivity index (χ2v) is 43.1. The summed E-state index contributed by atoms with van der Waals surface area (Å²) in [6, 6.07) is 79.7. The molecule has 0 spiro atoms. The summed E-state index contributed by atoms with van der Waals surface area (Å²) < 4.78 is 11.2. The van der Waals surface area contributed by atoms with Crippen molar-refractivity contribution >= 4 is 123 Å². The van der Waals surface area contributed by atoms with E-state index in [0.29, 0.717) is 0 Å². The standard InChI is InChI=1S/C19H27NO3Si.2C18H15P.C14H18BrNO3.C4H12Si.2ClH.Pd/c1-19(2,3)23-18(22)14-20-17(21)13-16-9-7-15(8-10-16)11-12-24(4,5)6;2*1-4-10-16(11-5-1)19(17-12-6-2-7-13-17)18-14-8-3-9-15-18;1-14(2,3)19-13(18)9-16-12(17)8-10-4-6-11(15)7-5-10;1-5(2,3)4;;;/h7-10H,13-14H2,1-6H3,(H,20,21);2*1-15H;4-7H,8-9H2,1-3H3,(H,16,17);1-4H3;2*1H;/q;;;;;;;+2/p-2. The van der Waals surface area contributed by atoms with E-state index in [0.717, 1.165) is 21.2 Å². The Bertz CT molecular complexity index is 3050. The van der Waals surface area contributed by atoms with Crippen LogP contribution in [-0.2, 0) is 57.4 Å². The molecular formula is C73H87BrCl2N2O6P2PdSi2. The van der Waals surface area contributed by atoms with E-state index in [1.807, 2.05) is 48.5 Å². The zero-order valence-electron chi connectivity index (χ0n) is 53.6. The van der Waals surface area contributed by atoms with E-state index in [2.05, 4.69) is 266 Å². The minimum absolute atomic E-state index is 0.105.